The van der Waals surface area contributed by atoms with Gasteiger partial charge in [-0.3, -0.25) is 9.78 Å². The number of aliphatic hydroxyl groups is 1. The molecular formula is C22H21FN6O2. The molecule has 1 aliphatic carbocycles. The Balaban J connectivity index is 1.56. The Bertz CT molecular complexity index is 1560. The van der Waals surface area contributed by atoms with Gasteiger partial charge < -0.3 is 10.4 Å². The summed E-state index contributed by atoms with van der Waals surface area (Å²) in [6, 6.07) is 4.62. The summed E-state index contributed by atoms with van der Waals surface area (Å²) in [6.45, 7) is -1.62. The van der Waals surface area contributed by atoms with Gasteiger partial charge in [-0.15, -0.1) is 0 Å². The topological polar surface area (TPSA) is 105 Å². The minimum atomic E-state index is -3.28. The van der Waals surface area contributed by atoms with E-state index in [1.54, 1.807) is 19.1 Å². The van der Waals surface area contributed by atoms with Gasteiger partial charge in [-0.05, 0) is 37.4 Å². The highest BCUT2D eigenvalue weighted by atomic mass is 19.1. The molecule has 0 radical (unpaired) electrons. The second kappa shape index (κ2) is 7.35. The molecule has 1 unspecified atom stereocenters. The molecule has 0 saturated heterocycles. The number of carbonyl (C=O) groups excluding carboxylic acids is 1. The van der Waals surface area contributed by atoms with E-state index in [-0.39, 0.29) is 12.2 Å². The Morgan fingerprint density at radius 1 is 1.39 bits per heavy atom. The molecule has 158 valence electrons. The van der Waals surface area contributed by atoms with Crippen molar-refractivity contribution < 1.29 is 22.5 Å². The average molecular weight is 426 g/mol. The van der Waals surface area contributed by atoms with E-state index < -0.39 is 43.0 Å². The number of aromatic nitrogens is 5. The fourth-order valence-electron chi connectivity index (χ4n) is 3.52. The lowest BCUT2D eigenvalue weighted by Gasteiger charge is -2.13. The Hall–Kier alpha value is -3.46. The maximum atomic E-state index is 13.2. The number of nitrogens with zero attached hydrogens (tertiary/aromatic N) is 5. The molecule has 8 nitrogen and oxygen atoms in total. The quantitative estimate of drug-likeness (QED) is 0.507. The SMILES string of the molecule is [2H]C([2H])([2H])C([2H])([2H])C([2H])(O)c1cc(C)c(-c2cc3cnc(NC(=O)[C@H]4C[C@H]4F)cc3n3ncnc23)cn1. The maximum absolute atomic E-state index is 13.2. The number of rotatable bonds is 5. The summed E-state index contributed by atoms with van der Waals surface area (Å²) < 4.78 is 60.7. The van der Waals surface area contributed by atoms with Crippen molar-refractivity contribution in [3.63, 3.8) is 0 Å². The molecule has 0 spiro atoms. The summed E-state index contributed by atoms with van der Waals surface area (Å²) in [5, 5.41) is 18.0. The molecule has 0 aromatic carbocycles. The zero-order valence-corrected chi connectivity index (χ0v) is 16.3. The minimum absolute atomic E-state index is 0.195. The minimum Gasteiger partial charge on any atom is -0.387 e. The molecule has 5 rings (SSSR count). The van der Waals surface area contributed by atoms with Crippen molar-refractivity contribution >= 4 is 28.3 Å². The lowest BCUT2D eigenvalue weighted by molar-refractivity contribution is -0.117. The molecule has 1 fully saturated rings. The van der Waals surface area contributed by atoms with Crippen LogP contribution in [0.4, 0.5) is 10.2 Å². The van der Waals surface area contributed by atoms with Crippen LogP contribution in [0.15, 0.2) is 36.9 Å². The van der Waals surface area contributed by atoms with Crippen molar-refractivity contribution in [2.45, 2.75) is 38.8 Å². The molecule has 4 aromatic rings. The van der Waals surface area contributed by atoms with Crippen molar-refractivity contribution in [2.75, 3.05) is 5.32 Å². The highest BCUT2D eigenvalue weighted by Gasteiger charge is 2.43. The molecule has 9 heteroatoms. The van der Waals surface area contributed by atoms with E-state index in [1.807, 2.05) is 0 Å². The second-order valence-corrected chi connectivity index (χ2v) is 7.39. The van der Waals surface area contributed by atoms with E-state index in [4.69, 9.17) is 8.22 Å². The van der Waals surface area contributed by atoms with Gasteiger partial charge in [0.1, 0.15) is 18.3 Å². The number of nitrogens with one attached hydrogen (secondary N) is 1. The van der Waals surface area contributed by atoms with Crippen LogP contribution in [-0.4, -0.2) is 41.8 Å². The first-order chi connectivity index (χ1) is 17.2. The predicted molar refractivity (Wildman–Crippen MR) is 113 cm³/mol. The van der Waals surface area contributed by atoms with Crippen molar-refractivity contribution in [3.8, 4) is 11.1 Å². The molecule has 2 N–H and O–H groups in total. The monoisotopic (exact) mass is 426 g/mol. The van der Waals surface area contributed by atoms with Gasteiger partial charge in [0.15, 0.2) is 5.65 Å². The summed E-state index contributed by atoms with van der Waals surface area (Å²) in [5.74, 6) is -0.868. The molecule has 4 heterocycles. The van der Waals surface area contributed by atoms with Crippen LogP contribution in [0.2, 0.25) is 0 Å². The van der Waals surface area contributed by atoms with E-state index in [1.165, 1.54) is 29.3 Å². The molecule has 4 aromatic heterocycles. The molecule has 3 atom stereocenters. The van der Waals surface area contributed by atoms with Gasteiger partial charge in [-0.25, -0.2) is 18.9 Å². The third kappa shape index (κ3) is 3.40. The van der Waals surface area contributed by atoms with Crippen molar-refractivity contribution in [3.05, 3.63) is 48.2 Å². The number of hydrogen-bond donors (Lipinski definition) is 2. The molecule has 0 bridgehead atoms. The van der Waals surface area contributed by atoms with E-state index in [2.05, 4.69) is 25.4 Å². The van der Waals surface area contributed by atoms with Gasteiger partial charge in [-0.1, -0.05) is 6.85 Å². The maximum Gasteiger partial charge on any atom is 0.231 e. The van der Waals surface area contributed by atoms with Crippen molar-refractivity contribution in [2.24, 2.45) is 5.92 Å². The number of fused-ring (bicyclic) bond motifs is 3. The highest BCUT2D eigenvalue weighted by Crippen LogP contribution is 2.35. The van der Waals surface area contributed by atoms with Crippen LogP contribution in [-0.2, 0) is 4.79 Å². The molecule has 1 aliphatic rings. The second-order valence-electron chi connectivity index (χ2n) is 7.39. The number of carbonyl (C=O) groups is 1. The van der Waals surface area contributed by atoms with Crippen LogP contribution in [0.1, 0.15) is 45.2 Å². The number of anilines is 1. The predicted octanol–water partition coefficient (Wildman–Crippen LogP) is 3.39. The van der Waals surface area contributed by atoms with Crippen LogP contribution >= 0.6 is 0 Å². The van der Waals surface area contributed by atoms with Gasteiger partial charge >= 0.3 is 0 Å². The largest absolute Gasteiger partial charge is 0.387 e. The number of hydrogen-bond acceptors (Lipinski definition) is 6. The number of halogens is 1. The first-order valence-electron chi connectivity index (χ1n) is 12.5. The Kier molecular flexibility index (Phi) is 3.26. The van der Waals surface area contributed by atoms with Crippen LogP contribution in [0.3, 0.4) is 0 Å². The van der Waals surface area contributed by atoms with Gasteiger partial charge in [0, 0.05) is 41.8 Å². The number of amides is 1. The summed E-state index contributed by atoms with van der Waals surface area (Å²) in [7, 11) is 0. The molecule has 31 heavy (non-hydrogen) atoms. The standard InChI is InChI=1S/C22H21FN6O2/c1-3-19(30)17-4-11(2)15(9-24-17)13-5-12-8-25-20(28-22(31)14-6-16(14)23)7-18(12)29-21(13)26-10-27-29/h4-5,7-10,14,16,19,30H,3,6H2,1-2H3,(H,25,28,31)/t14-,16+,19?/m0/s1/i1D3,3D2,19D. The van der Waals surface area contributed by atoms with Gasteiger partial charge in [0.25, 0.3) is 0 Å². The van der Waals surface area contributed by atoms with Gasteiger partial charge in [0.05, 0.1) is 24.6 Å². The highest BCUT2D eigenvalue weighted by molar-refractivity contribution is 5.97. The molecule has 1 amide bonds. The molecule has 0 aliphatic heterocycles. The van der Waals surface area contributed by atoms with E-state index in [9.17, 15) is 14.3 Å². The van der Waals surface area contributed by atoms with Crippen molar-refractivity contribution in [1.82, 2.24) is 24.6 Å². The van der Waals surface area contributed by atoms with Crippen LogP contribution in [0.25, 0.3) is 27.7 Å². The summed E-state index contributed by atoms with van der Waals surface area (Å²) >= 11 is 0. The smallest absolute Gasteiger partial charge is 0.231 e. The number of pyridine rings is 3. The van der Waals surface area contributed by atoms with Gasteiger partial charge in [-0.2, -0.15) is 5.10 Å². The fraction of sp³-hybridized carbons (Fsp3) is 0.318. The van der Waals surface area contributed by atoms with Crippen molar-refractivity contribution in [1.29, 1.82) is 0 Å². The first-order valence-corrected chi connectivity index (χ1v) is 9.49. The lowest BCUT2D eigenvalue weighted by Crippen LogP contribution is -2.16. The van der Waals surface area contributed by atoms with E-state index >= 15 is 0 Å². The molecule has 1 saturated carbocycles. The third-order valence-corrected chi connectivity index (χ3v) is 5.29. The lowest BCUT2D eigenvalue weighted by atomic mass is 10.0. The van der Waals surface area contributed by atoms with E-state index in [0.29, 0.717) is 33.2 Å². The van der Waals surface area contributed by atoms with Crippen LogP contribution in [0.5, 0.6) is 0 Å². The third-order valence-electron chi connectivity index (χ3n) is 5.29. The normalized spacial score (nSPS) is 23.7. The number of aryl methyl sites for hydroxylation is 1. The molecular weight excluding hydrogens is 399 g/mol. The Morgan fingerprint density at radius 2 is 2.23 bits per heavy atom. The Morgan fingerprint density at radius 3 is 2.97 bits per heavy atom. The fourth-order valence-corrected chi connectivity index (χ4v) is 3.52. The van der Waals surface area contributed by atoms with Crippen LogP contribution in [0, 0.1) is 12.8 Å². The summed E-state index contributed by atoms with van der Waals surface area (Å²) in [4.78, 5) is 24.7. The van der Waals surface area contributed by atoms with Gasteiger partial charge in [0.2, 0.25) is 5.91 Å². The Labute approximate surface area is 185 Å². The van der Waals surface area contributed by atoms with Crippen LogP contribution < -0.4 is 5.32 Å². The average Bonchev–Trinajstić information content (AvgIpc) is 3.35. The van der Waals surface area contributed by atoms with E-state index in [0.717, 1.165) is 0 Å². The summed E-state index contributed by atoms with van der Waals surface area (Å²) in [5.41, 5.74) is 2.09. The number of alkyl halides is 1. The summed E-state index contributed by atoms with van der Waals surface area (Å²) in [6.07, 6.45) is -3.21. The zero-order chi connectivity index (χ0) is 26.9. The first kappa shape index (κ1) is 13.8. The zero-order valence-electron chi connectivity index (χ0n) is 22.3.